The Kier molecular flexibility index (Phi) is 3.32. The molecule has 3 aromatic carbocycles. The third-order valence-electron chi connectivity index (χ3n) is 3.49. The van der Waals surface area contributed by atoms with Crippen LogP contribution in [0.25, 0.3) is 11.1 Å². The minimum absolute atomic E-state index is 0.678. The van der Waals surface area contributed by atoms with Gasteiger partial charge < -0.3 is 9.47 Å². The molecule has 108 valence electrons. The summed E-state index contributed by atoms with van der Waals surface area (Å²) in [6, 6.07) is 19.2. The molecule has 0 aliphatic carbocycles. The monoisotopic (exact) mass is 372 g/mol. The molecule has 3 aromatic rings. The van der Waals surface area contributed by atoms with Crippen LogP contribution in [0.3, 0.4) is 0 Å². The SMILES string of the molecule is Clc1ccccc1-c1cc2c(cc1Br)Oc1ccccc1O2. The van der Waals surface area contributed by atoms with E-state index in [1.807, 2.05) is 60.7 Å². The van der Waals surface area contributed by atoms with Gasteiger partial charge in [0.25, 0.3) is 0 Å². The van der Waals surface area contributed by atoms with Gasteiger partial charge in [0.15, 0.2) is 23.0 Å². The molecule has 0 fully saturated rings. The summed E-state index contributed by atoms with van der Waals surface area (Å²) in [7, 11) is 0. The molecule has 22 heavy (non-hydrogen) atoms. The van der Waals surface area contributed by atoms with Crippen LogP contribution in [0.1, 0.15) is 0 Å². The van der Waals surface area contributed by atoms with Gasteiger partial charge in [-0.05, 0) is 30.3 Å². The Morgan fingerprint density at radius 2 is 1.27 bits per heavy atom. The van der Waals surface area contributed by atoms with Crippen LogP contribution in [-0.2, 0) is 0 Å². The first kappa shape index (κ1) is 13.7. The number of para-hydroxylation sites is 2. The highest BCUT2D eigenvalue weighted by molar-refractivity contribution is 9.10. The molecule has 0 unspecified atom stereocenters. The quantitative estimate of drug-likeness (QED) is 0.371. The summed E-state index contributed by atoms with van der Waals surface area (Å²) in [6.07, 6.45) is 0. The molecule has 0 radical (unpaired) electrons. The average molecular weight is 374 g/mol. The van der Waals surface area contributed by atoms with E-state index in [2.05, 4.69) is 15.9 Å². The smallest absolute Gasteiger partial charge is 0.171 e. The standard InChI is InChI=1S/C18H10BrClO2/c19-13-10-18-17(21-15-7-3-4-8-16(15)22-18)9-12(13)11-5-1-2-6-14(11)20/h1-10H. The van der Waals surface area contributed by atoms with Gasteiger partial charge in [-0.15, -0.1) is 0 Å². The number of hydrogen-bond donors (Lipinski definition) is 0. The van der Waals surface area contributed by atoms with Gasteiger partial charge in [0.2, 0.25) is 0 Å². The van der Waals surface area contributed by atoms with Crippen molar-refractivity contribution in [2.24, 2.45) is 0 Å². The van der Waals surface area contributed by atoms with Crippen molar-refractivity contribution in [3.63, 3.8) is 0 Å². The molecular weight excluding hydrogens is 364 g/mol. The Hall–Kier alpha value is -1.97. The van der Waals surface area contributed by atoms with Crippen LogP contribution in [0, 0.1) is 0 Å². The lowest BCUT2D eigenvalue weighted by Gasteiger charge is -2.22. The molecule has 1 aliphatic heterocycles. The van der Waals surface area contributed by atoms with Gasteiger partial charge >= 0.3 is 0 Å². The minimum Gasteiger partial charge on any atom is -0.449 e. The maximum atomic E-state index is 6.30. The lowest BCUT2D eigenvalue weighted by atomic mass is 10.0. The van der Waals surface area contributed by atoms with Crippen molar-refractivity contribution in [3.05, 3.63) is 70.2 Å². The summed E-state index contributed by atoms with van der Waals surface area (Å²) in [6.45, 7) is 0. The Balaban J connectivity index is 1.84. The molecule has 0 saturated heterocycles. The summed E-state index contributed by atoms with van der Waals surface area (Å²) >= 11 is 9.89. The van der Waals surface area contributed by atoms with Gasteiger partial charge in [-0.25, -0.2) is 0 Å². The predicted molar refractivity (Wildman–Crippen MR) is 91.2 cm³/mol. The third-order valence-corrected chi connectivity index (χ3v) is 4.47. The lowest BCUT2D eigenvalue weighted by molar-refractivity contribution is 0.359. The van der Waals surface area contributed by atoms with Gasteiger partial charge in [0, 0.05) is 20.6 Å². The van der Waals surface area contributed by atoms with Crippen LogP contribution < -0.4 is 9.47 Å². The normalized spacial score (nSPS) is 11.9. The van der Waals surface area contributed by atoms with Crippen molar-refractivity contribution in [2.75, 3.05) is 0 Å². The van der Waals surface area contributed by atoms with Crippen LogP contribution in [0.4, 0.5) is 0 Å². The Morgan fingerprint density at radius 3 is 1.95 bits per heavy atom. The number of fused-ring (bicyclic) bond motifs is 2. The average Bonchev–Trinajstić information content (AvgIpc) is 2.53. The fourth-order valence-corrected chi connectivity index (χ4v) is 3.21. The molecule has 1 heterocycles. The van der Waals surface area contributed by atoms with E-state index in [4.69, 9.17) is 21.1 Å². The maximum absolute atomic E-state index is 6.30. The van der Waals surface area contributed by atoms with E-state index in [9.17, 15) is 0 Å². The summed E-state index contributed by atoms with van der Waals surface area (Å²) in [5.41, 5.74) is 1.91. The van der Waals surface area contributed by atoms with Crippen LogP contribution in [-0.4, -0.2) is 0 Å². The number of rotatable bonds is 1. The Labute approximate surface area is 141 Å². The zero-order valence-corrected chi connectivity index (χ0v) is 13.7. The van der Waals surface area contributed by atoms with Gasteiger partial charge in [-0.2, -0.15) is 0 Å². The Morgan fingerprint density at radius 1 is 0.682 bits per heavy atom. The molecular formula is C18H10BrClO2. The van der Waals surface area contributed by atoms with E-state index in [-0.39, 0.29) is 0 Å². The van der Waals surface area contributed by atoms with Gasteiger partial charge in [0.05, 0.1) is 0 Å². The summed E-state index contributed by atoms with van der Waals surface area (Å²) < 4.78 is 12.7. The largest absolute Gasteiger partial charge is 0.449 e. The number of halogens is 2. The second-order valence-corrected chi connectivity index (χ2v) is 6.17. The summed E-state index contributed by atoms with van der Waals surface area (Å²) in [5, 5.41) is 0.695. The third kappa shape index (κ3) is 2.27. The second kappa shape index (κ2) is 5.34. The van der Waals surface area contributed by atoms with Crippen molar-refractivity contribution >= 4 is 27.5 Å². The maximum Gasteiger partial charge on any atom is 0.171 e. The van der Waals surface area contributed by atoms with Crippen LogP contribution in [0.5, 0.6) is 23.0 Å². The van der Waals surface area contributed by atoms with Crippen molar-refractivity contribution < 1.29 is 9.47 Å². The first-order valence-corrected chi connectivity index (χ1v) is 7.92. The van der Waals surface area contributed by atoms with Crippen LogP contribution in [0.15, 0.2) is 65.1 Å². The van der Waals surface area contributed by atoms with E-state index in [1.165, 1.54) is 0 Å². The molecule has 4 heteroatoms. The Bertz CT molecular complexity index is 877. The minimum atomic E-state index is 0.678. The molecule has 0 amide bonds. The van der Waals surface area contributed by atoms with Crippen LogP contribution in [0.2, 0.25) is 5.02 Å². The molecule has 4 rings (SSSR count). The molecule has 0 atom stereocenters. The molecule has 0 aromatic heterocycles. The molecule has 0 bridgehead atoms. The van der Waals surface area contributed by atoms with Gasteiger partial charge in [0.1, 0.15) is 0 Å². The highest BCUT2D eigenvalue weighted by Gasteiger charge is 2.21. The zero-order chi connectivity index (χ0) is 15.1. The van der Waals surface area contributed by atoms with E-state index in [0.717, 1.165) is 15.6 Å². The first-order chi connectivity index (χ1) is 10.7. The fraction of sp³-hybridized carbons (Fsp3) is 0. The molecule has 0 N–H and O–H groups in total. The highest BCUT2D eigenvalue weighted by atomic mass is 79.9. The predicted octanol–water partition coefficient (Wildman–Crippen LogP) is 6.67. The second-order valence-electron chi connectivity index (χ2n) is 4.91. The molecule has 0 saturated carbocycles. The van der Waals surface area contributed by atoms with E-state index >= 15 is 0 Å². The van der Waals surface area contributed by atoms with E-state index in [1.54, 1.807) is 0 Å². The fourth-order valence-electron chi connectivity index (χ4n) is 2.44. The van der Waals surface area contributed by atoms with Crippen molar-refractivity contribution in [1.29, 1.82) is 0 Å². The molecule has 2 nitrogen and oxygen atoms in total. The zero-order valence-electron chi connectivity index (χ0n) is 11.3. The molecule has 0 spiro atoms. The number of benzene rings is 3. The van der Waals surface area contributed by atoms with E-state index in [0.29, 0.717) is 28.0 Å². The van der Waals surface area contributed by atoms with Crippen molar-refractivity contribution in [3.8, 4) is 34.1 Å². The van der Waals surface area contributed by atoms with Crippen molar-refractivity contribution in [2.45, 2.75) is 0 Å². The van der Waals surface area contributed by atoms with E-state index < -0.39 is 0 Å². The summed E-state index contributed by atoms with van der Waals surface area (Å²) in [4.78, 5) is 0. The van der Waals surface area contributed by atoms with Gasteiger partial charge in [-0.3, -0.25) is 0 Å². The number of ether oxygens (including phenoxy) is 2. The molecule has 1 aliphatic rings. The van der Waals surface area contributed by atoms with Gasteiger partial charge in [-0.1, -0.05) is 57.9 Å². The summed E-state index contributed by atoms with van der Waals surface area (Å²) in [5.74, 6) is 2.79. The van der Waals surface area contributed by atoms with Crippen LogP contribution >= 0.6 is 27.5 Å². The lowest BCUT2D eigenvalue weighted by Crippen LogP contribution is -1.99. The first-order valence-electron chi connectivity index (χ1n) is 6.75. The van der Waals surface area contributed by atoms with Crippen molar-refractivity contribution in [1.82, 2.24) is 0 Å². The number of hydrogen-bond acceptors (Lipinski definition) is 2. The highest BCUT2D eigenvalue weighted by Crippen LogP contribution is 2.49. The topological polar surface area (TPSA) is 18.5 Å².